The van der Waals surface area contributed by atoms with Crippen LogP contribution in [-0.4, -0.2) is 32.5 Å². The predicted molar refractivity (Wildman–Crippen MR) is 29.6 cm³/mol. The van der Waals surface area contributed by atoms with Gasteiger partial charge < -0.3 is 15.2 Å². The van der Waals surface area contributed by atoms with Crippen molar-refractivity contribution in [1.82, 2.24) is 0 Å². The number of epoxide rings is 1. The van der Waals surface area contributed by atoms with E-state index in [1.807, 2.05) is 0 Å². The van der Waals surface area contributed by atoms with Crippen molar-refractivity contribution in [2.45, 2.75) is 6.10 Å². The number of rotatable bonds is 4. The molecule has 1 heterocycles. The van der Waals surface area contributed by atoms with Gasteiger partial charge in [0.25, 0.3) is 0 Å². The van der Waals surface area contributed by atoms with Crippen LogP contribution in [0, 0.1) is 0 Å². The second-order valence-corrected chi connectivity index (χ2v) is 1.82. The van der Waals surface area contributed by atoms with E-state index in [1.54, 1.807) is 0 Å². The van der Waals surface area contributed by atoms with Gasteiger partial charge in [-0.3, -0.25) is 0 Å². The molecular weight excluding hydrogens is 106 g/mol. The molecule has 0 saturated carbocycles. The predicted octanol–water partition coefficient (Wildman–Crippen LogP) is -0.640. The van der Waals surface area contributed by atoms with Gasteiger partial charge in [-0.1, -0.05) is 0 Å². The van der Waals surface area contributed by atoms with E-state index in [0.29, 0.717) is 19.3 Å². The van der Waals surface area contributed by atoms with E-state index in [9.17, 15) is 0 Å². The van der Waals surface area contributed by atoms with Crippen molar-refractivity contribution < 1.29 is 9.47 Å². The Labute approximate surface area is 48.8 Å². The van der Waals surface area contributed by atoms with Gasteiger partial charge in [-0.05, 0) is 0 Å². The molecule has 0 aromatic heterocycles. The first kappa shape index (κ1) is 6.01. The van der Waals surface area contributed by atoms with Crippen LogP contribution in [0.4, 0.5) is 0 Å². The van der Waals surface area contributed by atoms with Crippen LogP contribution in [-0.2, 0) is 9.47 Å². The average molecular weight is 117 g/mol. The smallest absolute Gasteiger partial charge is 0.104 e. The zero-order chi connectivity index (χ0) is 5.82. The molecule has 8 heavy (non-hydrogen) atoms. The molecule has 2 N–H and O–H groups in total. The monoisotopic (exact) mass is 117 g/mol. The summed E-state index contributed by atoms with van der Waals surface area (Å²) in [7, 11) is 0. The van der Waals surface area contributed by atoms with E-state index in [1.165, 1.54) is 0 Å². The Hall–Kier alpha value is -0.120. The maximum Gasteiger partial charge on any atom is 0.104 e. The van der Waals surface area contributed by atoms with Gasteiger partial charge in [-0.25, -0.2) is 0 Å². The quantitative estimate of drug-likeness (QED) is 0.393. The first-order valence-corrected chi connectivity index (χ1v) is 2.83. The molecule has 0 radical (unpaired) electrons. The summed E-state index contributed by atoms with van der Waals surface area (Å²) in [5.74, 6) is 0. The molecule has 1 atom stereocenters. The van der Waals surface area contributed by atoms with Gasteiger partial charge in [0.1, 0.15) is 6.10 Å². The van der Waals surface area contributed by atoms with Crippen molar-refractivity contribution in [2.75, 3.05) is 26.4 Å². The summed E-state index contributed by atoms with van der Waals surface area (Å²) >= 11 is 0. The molecule has 3 nitrogen and oxygen atoms in total. The highest BCUT2D eigenvalue weighted by Crippen LogP contribution is 2.07. The SMILES string of the molecule is NCCOCC1CO1. The Morgan fingerprint density at radius 2 is 2.50 bits per heavy atom. The molecule has 3 heteroatoms. The fourth-order valence-electron chi connectivity index (χ4n) is 0.462. The van der Waals surface area contributed by atoms with Crippen molar-refractivity contribution in [2.24, 2.45) is 5.73 Å². The van der Waals surface area contributed by atoms with Gasteiger partial charge in [0.2, 0.25) is 0 Å². The minimum atomic E-state index is 0.376. The van der Waals surface area contributed by atoms with Gasteiger partial charge in [0, 0.05) is 6.54 Å². The highest BCUT2D eigenvalue weighted by atomic mass is 16.6. The van der Waals surface area contributed by atoms with E-state index >= 15 is 0 Å². The van der Waals surface area contributed by atoms with E-state index in [-0.39, 0.29) is 0 Å². The zero-order valence-corrected chi connectivity index (χ0v) is 4.80. The highest BCUT2D eigenvalue weighted by Gasteiger charge is 2.21. The second kappa shape index (κ2) is 3.02. The van der Waals surface area contributed by atoms with E-state index in [4.69, 9.17) is 15.2 Å². The van der Waals surface area contributed by atoms with Gasteiger partial charge in [-0.2, -0.15) is 0 Å². The van der Waals surface area contributed by atoms with Crippen molar-refractivity contribution in [1.29, 1.82) is 0 Å². The molecule has 1 saturated heterocycles. The first-order valence-electron chi connectivity index (χ1n) is 2.83. The topological polar surface area (TPSA) is 47.8 Å². The largest absolute Gasteiger partial charge is 0.377 e. The lowest BCUT2D eigenvalue weighted by molar-refractivity contribution is 0.123. The Kier molecular flexibility index (Phi) is 2.27. The number of ether oxygens (including phenoxy) is 2. The molecule has 1 aliphatic heterocycles. The third-order valence-electron chi connectivity index (χ3n) is 0.968. The van der Waals surface area contributed by atoms with Crippen LogP contribution < -0.4 is 5.73 Å². The van der Waals surface area contributed by atoms with Crippen molar-refractivity contribution >= 4 is 0 Å². The zero-order valence-electron chi connectivity index (χ0n) is 4.80. The normalized spacial score (nSPS) is 25.9. The lowest BCUT2D eigenvalue weighted by atomic mass is 10.5. The first-order chi connectivity index (χ1) is 3.93. The summed E-state index contributed by atoms with van der Waals surface area (Å²) in [6.45, 7) is 2.84. The van der Waals surface area contributed by atoms with E-state index in [2.05, 4.69) is 0 Å². The number of nitrogens with two attached hydrogens (primary N) is 1. The fraction of sp³-hybridized carbons (Fsp3) is 1.00. The average Bonchev–Trinajstić information content (AvgIpc) is 2.51. The molecule has 1 aliphatic rings. The Bertz CT molecular complexity index is 63.4. The Balaban J connectivity index is 1.74. The number of hydrogen-bond acceptors (Lipinski definition) is 3. The summed E-state index contributed by atoms with van der Waals surface area (Å²) in [5, 5.41) is 0. The minimum Gasteiger partial charge on any atom is -0.377 e. The van der Waals surface area contributed by atoms with Crippen molar-refractivity contribution in [3.8, 4) is 0 Å². The molecule has 1 fully saturated rings. The molecular formula is C5H11NO2. The van der Waals surface area contributed by atoms with Crippen molar-refractivity contribution in [3.63, 3.8) is 0 Å². The van der Waals surface area contributed by atoms with Gasteiger partial charge in [0.15, 0.2) is 0 Å². The summed E-state index contributed by atoms with van der Waals surface area (Å²) in [6.07, 6.45) is 0.376. The molecule has 0 aromatic carbocycles. The van der Waals surface area contributed by atoms with Gasteiger partial charge in [0.05, 0.1) is 19.8 Å². The standard InChI is InChI=1S/C5H11NO2/c6-1-2-7-3-5-4-8-5/h5H,1-4,6H2. The van der Waals surface area contributed by atoms with E-state index < -0.39 is 0 Å². The third kappa shape index (κ3) is 2.26. The van der Waals surface area contributed by atoms with Crippen LogP contribution >= 0.6 is 0 Å². The van der Waals surface area contributed by atoms with Gasteiger partial charge >= 0.3 is 0 Å². The maximum atomic E-state index is 5.17. The Morgan fingerprint density at radius 1 is 1.75 bits per heavy atom. The second-order valence-electron chi connectivity index (χ2n) is 1.82. The molecule has 0 aliphatic carbocycles. The molecule has 1 unspecified atom stereocenters. The molecule has 0 spiro atoms. The Morgan fingerprint density at radius 3 is 3.00 bits per heavy atom. The van der Waals surface area contributed by atoms with Crippen LogP contribution in [0.3, 0.4) is 0 Å². The summed E-state index contributed by atoms with van der Waals surface area (Å²) in [5.41, 5.74) is 5.17. The summed E-state index contributed by atoms with van der Waals surface area (Å²) < 4.78 is 9.95. The lowest BCUT2D eigenvalue weighted by Gasteiger charge is -1.95. The number of hydrogen-bond donors (Lipinski definition) is 1. The van der Waals surface area contributed by atoms with Crippen molar-refractivity contribution in [3.05, 3.63) is 0 Å². The summed E-state index contributed by atoms with van der Waals surface area (Å²) in [4.78, 5) is 0. The van der Waals surface area contributed by atoms with Crippen LogP contribution in [0.5, 0.6) is 0 Å². The van der Waals surface area contributed by atoms with Gasteiger partial charge in [-0.15, -0.1) is 0 Å². The molecule has 0 aromatic rings. The molecule has 0 bridgehead atoms. The van der Waals surface area contributed by atoms with Crippen LogP contribution in [0.25, 0.3) is 0 Å². The molecule has 48 valence electrons. The lowest BCUT2D eigenvalue weighted by Crippen LogP contribution is -2.11. The summed E-state index contributed by atoms with van der Waals surface area (Å²) in [6, 6.07) is 0. The van der Waals surface area contributed by atoms with E-state index in [0.717, 1.165) is 13.2 Å². The third-order valence-corrected chi connectivity index (χ3v) is 0.968. The molecule has 1 rings (SSSR count). The van der Waals surface area contributed by atoms with Crippen LogP contribution in [0.15, 0.2) is 0 Å². The van der Waals surface area contributed by atoms with Crippen LogP contribution in [0.1, 0.15) is 0 Å². The minimum absolute atomic E-state index is 0.376. The molecule has 0 amide bonds. The highest BCUT2D eigenvalue weighted by molar-refractivity contribution is 4.66. The fourth-order valence-corrected chi connectivity index (χ4v) is 0.462. The van der Waals surface area contributed by atoms with Crippen LogP contribution in [0.2, 0.25) is 0 Å². The maximum absolute atomic E-state index is 5.17.